The second-order valence-corrected chi connectivity index (χ2v) is 4.58. The zero-order valence-electron chi connectivity index (χ0n) is 11.4. The lowest BCUT2D eigenvalue weighted by Gasteiger charge is -2.15. The van der Waals surface area contributed by atoms with E-state index in [1.165, 1.54) is 6.07 Å². The summed E-state index contributed by atoms with van der Waals surface area (Å²) in [5.74, 6) is -0.996. The van der Waals surface area contributed by atoms with E-state index >= 15 is 0 Å². The zero-order chi connectivity index (χ0) is 15.4. The van der Waals surface area contributed by atoms with Gasteiger partial charge in [0.05, 0.1) is 0 Å². The minimum Gasteiger partial charge on any atom is -0.480 e. The average Bonchev–Trinajstić information content (AvgIpc) is 2.43. The third-order valence-electron chi connectivity index (χ3n) is 2.99. The summed E-state index contributed by atoms with van der Waals surface area (Å²) in [6.07, 6.45) is 0. The molecule has 7 heteroatoms. The number of rotatable bonds is 5. The maximum absolute atomic E-state index is 11.8. The summed E-state index contributed by atoms with van der Waals surface area (Å²) in [4.78, 5) is 36.5. The van der Waals surface area contributed by atoms with Crippen molar-refractivity contribution in [3.8, 4) is 0 Å². The van der Waals surface area contributed by atoms with Crippen LogP contribution in [-0.2, 0) is 11.3 Å². The smallest absolute Gasteiger partial charge is 0.330 e. The Morgan fingerprint density at radius 1 is 1.33 bits per heavy atom. The number of carboxylic acid groups (broad SMARTS) is 1. The third kappa shape index (κ3) is 3.59. The van der Waals surface area contributed by atoms with Gasteiger partial charge < -0.3 is 10.4 Å². The molecule has 2 aromatic rings. The molecule has 0 saturated carbocycles. The van der Waals surface area contributed by atoms with Crippen molar-refractivity contribution in [2.45, 2.75) is 19.5 Å². The minimum atomic E-state index is -1.25. The van der Waals surface area contributed by atoms with E-state index in [1.807, 2.05) is 37.3 Å². The van der Waals surface area contributed by atoms with Crippen molar-refractivity contribution in [1.29, 1.82) is 0 Å². The second kappa shape index (κ2) is 6.08. The molecule has 1 aromatic heterocycles. The molecule has 0 aliphatic heterocycles. The molecule has 0 amide bonds. The highest BCUT2D eigenvalue weighted by molar-refractivity contribution is 5.66. The van der Waals surface area contributed by atoms with Crippen LogP contribution in [-0.4, -0.2) is 20.6 Å². The van der Waals surface area contributed by atoms with Crippen molar-refractivity contribution in [2.24, 2.45) is 0 Å². The highest BCUT2D eigenvalue weighted by Gasteiger charge is 2.10. The summed E-state index contributed by atoms with van der Waals surface area (Å²) in [6, 6.07) is 10.6. The van der Waals surface area contributed by atoms with Crippen molar-refractivity contribution in [3.63, 3.8) is 0 Å². The van der Waals surface area contributed by atoms with Crippen molar-refractivity contribution in [3.05, 3.63) is 62.8 Å². The van der Waals surface area contributed by atoms with Gasteiger partial charge in [0.25, 0.3) is 5.56 Å². The van der Waals surface area contributed by atoms with Gasteiger partial charge in [-0.2, -0.15) is 0 Å². The molecule has 0 bridgehead atoms. The minimum absolute atomic E-state index is 0.114. The molecule has 7 nitrogen and oxygen atoms in total. The molecule has 1 atom stereocenters. The SMILES string of the molecule is CC(Nc1cc(=O)n(CC(=O)O)c(=O)[nH]1)c1ccccc1. The fourth-order valence-corrected chi connectivity index (χ4v) is 1.94. The van der Waals surface area contributed by atoms with E-state index in [4.69, 9.17) is 5.11 Å². The summed E-state index contributed by atoms with van der Waals surface area (Å²) in [5.41, 5.74) is -0.426. The molecule has 0 saturated heterocycles. The van der Waals surface area contributed by atoms with E-state index in [2.05, 4.69) is 10.3 Å². The topological polar surface area (TPSA) is 104 Å². The molecule has 1 aromatic carbocycles. The molecule has 0 aliphatic rings. The summed E-state index contributed by atoms with van der Waals surface area (Å²) in [6.45, 7) is 1.22. The average molecular weight is 289 g/mol. The number of hydrogen-bond acceptors (Lipinski definition) is 4. The number of benzene rings is 1. The Hall–Kier alpha value is -2.83. The molecule has 0 fully saturated rings. The first-order valence-corrected chi connectivity index (χ1v) is 6.35. The van der Waals surface area contributed by atoms with Crippen LogP contribution in [0, 0.1) is 0 Å². The Morgan fingerprint density at radius 2 is 2.00 bits per heavy atom. The van der Waals surface area contributed by atoms with Gasteiger partial charge in [0.1, 0.15) is 12.4 Å². The number of aromatic nitrogens is 2. The highest BCUT2D eigenvalue weighted by Crippen LogP contribution is 2.15. The molecule has 0 spiro atoms. The lowest BCUT2D eigenvalue weighted by atomic mass is 10.1. The fraction of sp³-hybridized carbons (Fsp3) is 0.214. The van der Waals surface area contributed by atoms with Gasteiger partial charge in [0.2, 0.25) is 0 Å². The molecular weight excluding hydrogens is 274 g/mol. The molecule has 21 heavy (non-hydrogen) atoms. The quantitative estimate of drug-likeness (QED) is 0.755. The van der Waals surface area contributed by atoms with Crippen molar-refractivity contribution in [2.75, 3.05) is 5.32 Å². The Bertz CT molecular complexity index is 718. The number of hydrogen-bond donors (Lipinski definition) is 3. The number of carboxylic acids is 1. The van der Waals surface area contributed by atoms with Crippen LogP contribution in [0.1, 0.15) is 18.5 Å². The van der Waals surface area contributed by atoms with Crippen LogP contribution in [0.25, 0.3) is 0 Å². The van der Waals surface area contributed by atoms with Gasteiger partial charge in [-0.15, -0.1) is 0 Å². The molecule has 110 valence electrons. The number of nitrogens with one attached hydrogen (secondary N) is 2. The summed E-state index contributed by atoms with van der Waals surface area (Å²) >= 11 is 0. The molecule has 3 N–H and O–H groups in total. The Kier molecular flexibility index (Phi) is 4.22. The fourth-order valence-electron chi connectivity index (χ4n) is 1.94. The van der Waals surface area contributed by atoms with Crippen molar-refractivity contribution < 1.29 is 9.90 Å². The van der Waals surface area contributed by atoms with E-state index in [1.54, 1.807) is 0 Å². The first kappa shape index (κ1) is 14.6. The Labute approximate surface area is 119 Å². The molecular formula is C14H15N3O4. The second-order valence-electron chi connectivity index (χ2n) is 4.58. The van der Waals surface area contributed by atoms with Gasteiger partial charge in [-0.3, -0.25) is 14.6 Å². The molecule has 1 unspecified atom stereocenters. The maximum Gasteiger partial charge on any atom is 0.330 e. The molecule has 0 aliphatic carbocycles. The zero-order valence-corrected chi connectivity index (χ0v) is 11.4. The molecule has 1 heterocycles. The highest BCUT2D eigenvalue weighted by atomic mass is 16.4. The predicted octanol–water partition coefficient (Wildman–Crippen LogP) is 0.794. The van der Waals surface area contributed by atoms with Crippen LogP contribution < -0.4 is 16.6 Å². The first-order chi connectivity index (χ1) is 9.97. The summed E-state index contributed by atoms with van der Waals surface area (Å²) in [7, 11) is 0. The standard InChI is InChI=1S/C14H15N3O4/c1-9(10-5-3-2-4-6-10)15-11-7-12(18)17(8-13(19)20)14(21)16-11/h2-7,9,15H,8H2,1H3,(H,16,21)(H,19,20). The van der Waals surface area contributed by atoms with Crippen LogP contribution in [0.4, 0.5) is 5.82 Å². The van der Waals surface area contributed by atoms with E-state index in [0.29, 0.717) is 4.57 Å². The van der Waals surface area contributed by atoms with Gasteiger partial charge in [0.15, 0.2) is 0 Å². The number of H-pyrrole nitrogens is 1. The van der Waals surface area contributed by atoms with E-state index in [9.17, 15) is 14.4 Å². The van der Waals surface area contributed by atoms with Crippen LogP contribution in [0.5, 0.6) is 0 Å². The van der Waals surface area contributed by atoms with E-state index in [-0.39, 0.29) is 11.9 Å². The van der Waals surface area contributed by atoms with Crippen molar-refractivity contribution >= 4 is 11.8 Å². The largest absolute Gasteiger partial charge is 0.480 e. The maximum atomic E-state index is 11.8. The monoisotopic (exact) mass is 289 g/mol. The van der Waals surface area contributed by atoms with Crippen LogP contribution in [0.3, 0.4) is 0 Å². The third-order valence-corrected chi connectivity index (χ3v) is 2.99. The molecule has 2 rings (SSSR count). The number of aliphatic carboxylic acids is 1. The Balaban J connectivity index is 2.24. The van der Waals surface area contributed by atoms with Gasteiger partial charge in [0, 0.05) is 12.1 Å². The number of carbonyl (C=O) groups is 1. The van der Waals surface area contributed by atoms with Gasteiger partial charge in [-0.05, 0) is 12.5 Å². The number of anilines is 1. The normalized spacial score (nSPS) is 11.9. The Morgan fingerprint density at radius 3 is 2.57 bits per heavy atom. The number of nitrogens with zero attached hydrogens (tertiary/aromatic N) is 1. The van der Waals surface area contributed by atoms with Crippen LogP contribution >= 0.6 is 0 Å². The lowest BCUT2D eigenvalue weighted by Crippen LogP contribution is -2.37. The van der Waals surface area contributed by atoms with Gasteiger partial charge >= 0.3 is 11.7 Å². The van der Waals surface area contributed by atoms with Crippen LogP contribution in [0.15, 0.2) is 46.0 Å². The summed E-state index contributed by atoms with van der Waals surface area (Å²) < 4.78 is 0.626. The molecule has 0 radical (unpaired) electrons. The van der Waals surface area contributed by atoms with Crippen molar-refractivity contribution in [1.82, 2.24) is 9.55 Å². The van der Waals surface area contributed by atoms with Gasteiger partial charge in [-0.1, -0.05) is 30.3 Å². The van der Waals surface area contributed by atoms with Crippen LogP contribution in [0.2, 0.25) is 0 Å². The van der Waals surface area contributed by atoms with Gasteiger partial charge in [-0.25, -0.2) is 9.36 Å². The first-order valence-electron chi connectivity index (χ1n) is 6.35. The summed E-state index contributed by atoms with van der Waals surface area (Å²) in [5, 5.41) is 11.7. The number of aromatic amines is 1. The van der Waals surface area contributed by atoms with E-state index < -0.39 is 23.8 Å². The van der Waals surface area contributed by atoms with E-state index in [0.717, 1.165) is 5.56 Å². The predicted molar refractivity (Wildman–Crippen MR) is 77.4 cm³/mol. The lowest BCUT2D eigenvalue weighted by molar-refractivity contribution is -0.137.